The molecule has 0 unspecified atom stereocenters. The Kier molecular flexibility index (Phi) is 3.27. The summed E-state index contributed by atoms with van der Waals surface area (Å²) in [6.45, 7) is 0. The number of pyridine rings is 1. The molecule has 0 fully saturated rings. The van der Waals surface area contributed by atoms with E-state index < -0.39 is 19.0 Å². The Labute approximate surface area is 97.0 Å². The number of hydrogen-bond acceptors (Lipinski definition) is 5. The van der Waals surface area contributed by atoms with E-state index >= 15 is 0 Å². The van der Waals surface area contributed by atoms with Crippen molar-refractivity contribution in [1.82, 2.24) is 4.98 Å². The van der Waals surface area contributed by atoms with Gasteiger partial charge < -0.3 is 0 Å². The van der Waals surface area contributed by atoms with Crippen LogP contribution in [0, 0.1) is 13.8 Å². The van der Waals surface area contributed by atoms with Crippen molar-refractivity contribution in [3.63, 3.8) is 0 Å². The quantitative estimate of drug-likeness (QED) is 0.266. The molecule has 0 aliphatic carbocycles. The Morgan fingerprint density at radius 3 is 2.50 bits per heavy atom. The van der Waals surface area contributed by atoms with Gasteiger partial charge in [-0.25, -0.2) is 13.4 Å². The van der Waals surface area contributed by atoms with Gasteiger partial charge in [-0.3, -0.25) is 10.1 Å². The molecule has 0 aliphatic rings. The van der Waals surface area contributed by atoms with Crippen LogP contribution in [0.4, 0.5) is 5.69 Å². The molecule has 76 valence electrons. The van der Waals surface area contributed by atoms with Crippen molar-refractivity contribution in [3.05, 3.63) is 25.9 Å². The maximum atomic E-state index is 10.8. The smallest absolute Gasteiger partial charge is 0.258 e. The van der Waals surface area contributed by atoms with Crippen LogP contribution in [0.1, 0.15) is 0 Å². The van der Waals surface area contributed by atoms with Gasteiger partial charge in [-0.15, -0.1) is 0 Å². The topological polar surface area (TPSA) is 90.2 Å². The number of halogens is 2. The van der Waals surface area contributed by atoms with Crippen LogP contribution in [0.2, 0.25) is 0 Å². The van der Waals surface area contributed by atoms with Gasteiger partial charge in [0.15, 0.2) is 5.03 Å². The minimum atomic E-state index is -4.03. The van der Waals surface area contributed by atoms with Crippen LogP contribution in [0.15, 0.2) is 17.2 Å². The fraction of sp³-hybridized carbons (Fsp3) is 0. The number of nitro groups is 1. The Balaban J connectivity index is 3.43. The lowest BCUT2D eigenvalue weighted by Gasteiger charge is -1.96. The van der Waals surface area contributed by atoms with Crippen molar-refractivity contribution in [2.24, 2.45) is 0 Å². The van der Waals surface area contributed by atoms with E-state index in [0.29, 0.717) is 0 Å². The van der Waals surface area contributed by atoms with Crippen LogP contribution in [0.5, 0.6) is 0 Å². The van der Waals surface area contributed by atoms with E-state index in [0.717, 1.165) is 12.1 Å². The summed E-state index contributed by atoms with van der Waals surface area (Å²) in [7, 11) is 0.961. The van der Waals surface area contributed by atoms with Crippen LogP contribution >= 0.6 is 33.3 Å². The van der Waals surface area contributed by atoms with Crippen molar-refractivity contribution in [1.29, 1.82) is 0 Å². The molecule has 0 amide bonds. The first-order valence-corrected chi connectivity index (χ1v) is 6.46. The third-order valence-electron chi connectivity index (χ3n) is 1.22. The molecular formula is C5H2ClIN2O4S. The summed E-state index contributed by atoms with van der Waals surface area (Å²) in [4.78, 5) is 13.2. The van der Waals surface area contributed by atoms with Gasteiger partial charge in [-0.1, -0.05) is 0 Å². The molecule has 6 nitrogen and oxygen atoms in total. The molecule has 0 saturated heterocycles. The summed E-state index contributed by atoms with van der Waals surface area (Å²) < 4.78 is 21.9. The fourth-order valence-corrected chi connectivity index (χ4v) is 2.14. The van der Waals surface area contributed by atoms with E-state index in [1.54, 1.807) is 22.6 Å². The first-order chi connectivity index (χ1) is 6.30. The van der Waals surface area contributed by atoms with E-state index in [-0.39, 0.29) is 9.39 Å². The molecule has 0 atom stereocenters. The molecule has 14 heavy (non-hydrogen) atoms. The zero-order valence-electron chi connectivity index (χ0n) is 6.35. The molecule has 0 saturated carbocycles. The van der Waals surface area contributed by atoms with E-state index in [2.05, 4.69) is 4.98 Å². The van der Waals surface area contributed by atoms with Gasteiger partial charge in [0.05, 0.1) is 11.0 Å². The molecular weight excluding hydrogens is 346 g/mol. The second kappa shape index (κ2) is 3.95. The monoisotopic (exact) mass is 348 g/mol. The molecule has 0 bridgehead atoms. The molecule has 9 heteroatoms. The molecule has 1 rings (SSSR count). The van der Waals surface area contributed by atoms with E-state index in [4.69, 9.17) is 10.7 Å². The second-order valence-corrected chi connectivity index (χ2v) is 5.80. The van der Waals surface area contributed by atoms with Crippen LogP contribution < -0.4 is 0 Å². The van der Waals surface area contributed by atoms with Gasteiger partial charge >= 0.3 is 0 Å². The lowest BCUT2D eigenvalue weighted by Crippen LogP contribution is -1.99. The molecule has 1 aromatic rings. The first kappa shape index (κ1) is 11.6. The van der Waals surface area contributed by atoms with Gasteiger partial charge in [0.1, 0.15) is 3.70 Å². The molecule has 0 radical (unpaired) electrons. The summed E-state index contributed by atoms with van der Waals surface area (Å²) in [5.41, 5.74) is -0.358. The normalized spacial score (nSPS) is 11.3. The van der Waals surface area contributed by atoms with Gasteiger partial charge in [0.2, 0.25) is 0 Å². The van der Waals surface area contributed by atoms with E-state index in [1.165, 1.54) is 0 Å². The summed E-state index contributed by atoms with van der Waals surface area (Å²) in [5, 5.41) is 9.85. The molecule has 1 aromatic heterocycles. The van der Waals surface area contributed by atoms with Crippen LogP contribution in [-0.4, -0.2) is 18.3 Å². The first-order valence-electron chi connectivity index (χ1n) is 3.07. The number of aromatic nitrogens is 1. The van der Waals surface area contributed by atoms with Crippen molar-refractivity contribution in [2.45, 2.75) is 5.03 Å². The molecule has 0 aliphatic heterocycles. The molecule has 1 heterocycles. The standard InChI is InChI=1S/C5H2ClIN2O4S/c6-14(12,13)5-2-3(9(10)11)1-4(7)8-5/h1-2H. The highest BCUT2D eigenvalue weighted by Crippen LogP contribution is 2.20. The summed E-state index contributed by atoms with van der Waals surface area (Å²) in [6.07, 6.45) is 0. The molecule has 0 spiro atoms. The minimum absolute atomic E-state index is 0.191. The van der Waals surface area contributed by atoms with Crippen molar-refractivity contribution >= 4 is 48.0 Å². The third-order valence-corrected chi connectivity index (χ3v) is 2.95. The van der Waals surface area contributed by atoms with Crippen LogP contribution in [-0.2, 0) is 9.05 Å². The van der Waals surface area contributed by atoms with Crippen LogP contribution in [0.3, 0.4) is 0 Å². The molecule has 0 N–H and O–H groups in total. The highest BCUT2D eigenvalue weighted by molar-refractivity contribution is 14.1. The fourth-order valence-electron chi connectivity index (χ4n) is 0.690. The average molecular weight is 349 g/mol. The number of hydrogen-bond donors (Lipinski definition) is 0. The summed E-state index contributed by atoms with van der Waals surface area (Å²) in [6, 6.07) is 1.95. The van der Waals surface area contributed by atoms with Crippen molar-refractivity contribution in [2.75, 3.05) is 0 Å². The van der Waals surface area contributed by atoms with Gasteiger partial charge in [-0.2, -0.15) is 0 Å². The van der Waals surface area contributed by atoms with E-state index in [9.17, 15) is 18.5 Å². The maximum absolute atomic E-state index is 10.8. The Morgan fingerprint density at radius 2 is 2.07 bits per heavy atom. The Bertz CT molecular complexity index is 489. The summed E-state index contributed by atoms with van der Waals surface area (Å²) >= 11 is 1.67. The zero-order chi connectivity index (χ0) is 10.9. The highest BCUT2D eigenvalue weighted by Gasteiger charge is 2.18. The third kappa shape index (κ3) is 2.75. The minimum Gasteiger partial charge on any atom is -0.258 e. The largest absolute Gasteiger partial charge is 0.278 e. The lowest BCUT2D eigenvalue weighted by molar-refractivity contribution is -0.385. The van der Waals surface area contributed by atoms with Crippen molar-refractivity contribution in [3.8, 4) is 0 Å². The maximum Gasteiger partial charge on any atom is 0.278 e. The SMILES string of the molecule is O=[N+]([O-])c1cc(I)nc(S(=O)(=O)Cl)c1. The van der Waals surface area contributed by atoms with Crippen LogP contribution in [0.25, 0.3) is 0 Å². The predicted octanol–water partition coefficient (Wildman–Crippen LogP) is 1.52. The van der Waals surface area contributed by atoms with Gasteiger partial charge in [0.25, 0.3) is 14.7 Å². The van der Waals surface area contributed by atoms with Crippen molar-refractivity contribution < 1.29 is 13.3 Å². The Hall–Kier alpha value is -0.480. The highest BCUT2D eigenvalue weighted by atomic mass is 127. The average Bonchev–Trinajstić information content (AvgIpc) is 2.01. The number of rotatable bonds is 2. The number of nitrogens with zero attached hydrogens (tertiary/aromatic N) is 2. The second-order valence-electron chi connectivity index (χ2n) is 2.18. The molecule has 0 aromatic carbocycles. The van der Waals surface area contributed by atoms with E-state index in [1.807, 2.05) is 0 Å². The zero-order valence-corrected chi connectivity index (χ0v) is 10.1. The Morgan fingerprint density at radius 1 is 1.50 bits per heavy atom. The summed E-state index contributed by atoms with van der Waals surface area (Å²) in [5.74, 6) is 0. The lowest BCUT2D eigenvalue weighted by atomic mass is 10.4. The van der Waals surface area contributed by atoms with Gasteiger partial charge in [0, 0.05) is 16.7 Å². The van der Waals surface area contributed by atoms with Gasteiger partial charge in [-0.05, 0) is 22.6 Å². The predicted molar refractivity (Wildman–Crippen MR) is 56.6 cm³/mol.